The zero-order valence-electron chi connectivity index (χ0n) is 20.2. The molecule has 0 radical (unpaired) electrons. The first-order chi connectivity index (χ1) is 18.7. The molecular formula is C27H19Cl2FN2O6S. The fraction of sp³-hybridized carbons (Fsp3) is 0.111. The van der Waals surface area contributed by atoms with Crippen LogP contribution in [-0.4, -0.2) is 41.6 Å². The van der Waals surface area contributed by atoms with Crippen LogP contribution in [-0.2, 0) is 20.9 Å². The predicted molar refractivity (Wildman–Crippen MR) is 146 cm³/mol. The number of rotatable bonds is 8. The summed E-state index contributed by atoms with van der Waals surface area (Å²) in [5.74, 6) is -2.07. The summed E-state index contributed by atoms with van der Waals surface area (Å²) >= 11 is 12.7. The van der Waals surface area contributed by atoms with Crippen LogP contribution in [0, 0.1) is 5.82 Å². The van der Waals surface area contributed by atoms with Gasteiger partial charge in [-0.15, -0.1) is 0 Å². The fourth-order valence-electron chi connectivity index (χ4n) is 3.52. The Morgan fingerprint density at radius 3 is 2.56 bits per heavy atom. The van der Waals surface area contributed by atoms with Crippen molar-refractivity contribution in [3.05, 3.63) is 98.1 Å². The van der Waals surface area contributed by atoms with Gasteiger partial charge in [0.15, 0.2) is 0 Å². The molecule has 0 saturated carbocycles. The highest BCUT2D eigenvalue weighted by Gasteiger charge is 2.36. The van der Waals surface area contributed by atoms with Gasteiger partial charge in [-0.2, -0.15) is 0 Å². The number of esters is 1. The van der Waals surface area contributed by atoms with Crippen molar-refractivity contribution >= 4 is 69.8 Å². The molecule has 0 bridgehead atoms. The Bertz CT molecular complexity index is 1490. The number of methoxy groups -OCH3 is 1. The molecule has 1 heterocycles. The predicted octanol–water partition coefficient (Wildman–Crippen LogP) is 6.17. The molecule has 1 N–H and O–H groups in total. The van der Waals surface area contributed by atoms with E-state index >= 15 is 0 Å². The molecule has 1 aliphatic heterocycles. The third-order valence-electron chi connectivity index (χ3n) is 5.43. The Hall–Kier alpha value is -3.86. The van der Waals surface area contributed by atoms with Gasteiger partial charge in [-0.25, -0.2) is 9.18 Å². The van der Waals surface area contributed by atoms with Gasteiger partial charge >= 0.3 is 5.97 Å². The third kappa shape index (κ3) is 6.78. The van der Waals surface area contributed by atoms with Crippen LogP contribution in [0.5, 0.6) is 5.75 Å². The van der Waals surface area contributed by atoms with Crippen LogP contribution in [0.4, 0.5) is 14.9 Å². The van der Waals surface area contributed by atoms with Crippen LogP contribution in [0.3, 0.4) is 0 Å². The summed E-state index contributed by atoms with van der Waals surface area (Å²) in [7, 11) is 1.20. The smallest absolute Gasteiger partial charge is 0.339 e. The van der Waals surface area contributed by atoms with Crippen LogP contribution in [0.15, 0.2) is 65.6 Å². The minimum Gasteiger partial charge on any atom is -0.489 e. The molecule has 8 nitrogen and oxygen atoms in total. The summed E-state index contributed by atoms with van der Waals surface area (Å²) in [6, 6.07) is 15.2. The molecule has 4 rings (SSSR count). The largest absolute Gasteiger partial charge is 0.489 e. The maximum atomic E-state index is 14.0. The second-order valence-corrected chi connectivity index (χ2v) is 9.87. The molecule has 3 amide bonds. The summed E-state index contributed by atoms with van der Waals surface area (Å²) < 4.78 is 24.3. The van der Waals surface area contributed by atoms with Crippen molar-refractivity contribution in [2.24, 2.45) is 0 Å². The molecule has 1 aliphatic rings. The first-order valence-corrected chi connectivity index (χ1v) is 12.8. The zero-order chi connectivity index (χ0) is 28.1. The number of ether oxygens (including phenoxy) is 2. The Labute approximate surface area is 236 Å². The van der Waals surface area contributed by atoms with Crippen molar-refractivity contribution in [3.8, 4) is 5.75 Å². The number of hydrogen-bond acceptors (Lipinski definition) is 7. The Kier molecular flexibility index (Phi) is 8.90. The van der Waals surface area contributed by atoms with Crippen molar-refractivity contribution in [1.29, 1.82) is 0 Å². The molecule has 3 aromatic rings. The van der Waals surface area contributed by atoms with E-state index in [0.29, 0.717) is 23.1 Å². The molecule has 0 spiro atoms. The van der Waals surface area contributed by atoms with Crippen molar-refractivity contribution in [2.45, 2.75) is 6.61 Å². The van der Waals surface area contributed by atoms with Crippen molar-refractivity contribution in [2.75, 3.05) is 19.0 Å². The highest BCUT2D eigenvalue weighted by molar-refractivity contribution is 8.18. The lowest BCUT2D eigenvalue weighted by atomic mass is 10.2. The maximum absolute atomic E-state index is 14.0. The minimum absolute atomic E-state index is 0.0503. The summed E-state index contributed by atoms with van der Waals surface area (Å²) in [5, 5.41) is 2.29. The van der Waals surface area contributed by atoms with Gasteiger partial charge in [0.05, 0.1) is 27.6 Å². The van der Waals surface area contributed by atoms with Gasteiger partial charge in [-0.05, 0) is 65.9 Å². The van der Waals surface area contributed by atoms with E-state index in [2.05, 4.69) is 10.1 Å². The number of imide groups is 1. The molecule has 0 aromatic heterocycles. The number of carbonyl (C=O) groups is 4. The van der Waals surface area contributed by atoms with E-state index in [0.717, 1.165) is 4.90 Å². The number of hydrogen-bond donors (Lipinski definition) is 1. The molecule has 200 valence electrons. The average molecular weight is 589 g/mol. The molecule has 0 aliphatic carbocycles. The number of thioether (sulfide) groups is 1. The van der Waals surface area contributed by atoms with Gasteiger partial charge in [0, 0.05) is 11.3 Å². The van der Waals surface area contributed by atoms with E-state index < -0.39 is 35.4 Å². The molecule has 12 heteroatoms. The number of nitrogens with one attached hydrogen (secondary N) is 1. The lowest BCUT2D eigenvalue weighted by molar-refractivity contribution is -0.127. The Morgan fingerprint density at radius 1 is 1.05 bits per heavy atom. The lowest BCUT2D eigenvalue weighted by Gasteiger charge is -2.13. The minimum atomic E-state index is -0.683. The van der Waals surface area contributed by atoms with Gasteiger partial charge in [0.25, 0.3) is 11.1 Å². The number of amides is 3. The zero-order valence-corrected chi connectivity index (χ0v) is 22.5. The molecule has 3 aromatic carbocycles. The molecule has 0 atom stereocenters. The number of anilines is 1. The molecule has 1 fully saturated rings. The van der Waals surface area contributed by atoms with Crippen molar-refractivity contribution < 1.29 is 33.0 Å². The normalized spacial score (nSPS) is 14.1. The lowest BCUT2D eigenvalue weighted by Crippen LogP contribution is -2.36. The topological polar surface area (TPSA) is 102 Å². The van der Waals surface area contributed by atoms with Crippen LogP contribution >= 0.6 is 35.0 Å². The standard InChI is InChI=1S/C27H19Cl2FN2O6S/c1-37-26(35)18-12-16(8-9-21(18)29)31-24(33)13-32-25(34)23(39-27(32)36)11-15-4-2-5-17(10-15)38-14-19-20(28)6-3-7-22(19)30/h2-12H,13-14H2,1H3,(H,31,33)/b23-11+. The first-order valence-electron chi connectivity index (χ1n) is 11.2. The van der Waals surface area contributed by atoms with E-state index in [4.69, 9.17) is 27.9 Å². The summed E-state index contributed by atoms with van der Waals surface area (Å²) in [5.41, 5.74) is 1.05. The molecule has 1 saturated heterocycles. The average Bonchev–Trinajstić information content (AvgIpc) is 3.16. The van der Waals surface area contributed by atoms with E-state index in [1.807, 2.05) is 0 Å². The van der Waals surface area contributed by atoms with E-state index in [1.54, 1.807) is 30.3 Å². The molecule has 0 unspecified atom stereocenters. The van der Waals surface area contributed by atoms with Crippen LogP contribution < -0.4 is 10.1 Å². The first kappa shape index (κ1) is 28.2. The Balaban J connectivity index is 1.41. The third-order valence-corrected chi connectivity index (χ3v) is 7.02. The van der Waals surface area contributed by atoms with Gasteiger partial charge < -0.3 is 14.8 Å². The molecular weight excluding hydrogens is 570 g/mol. The van der Waals surface area contributed by atoms with E-state index in [9.17, 15) is 23.6 Å². The van der Waals surface area contributed by atoms with Gasteiger partial charge in [-0.1, -0.05) is 41.4 Å². The van der Waals surface area contributed by atoms with E-state index in [1.165, 1.54) is 43.5 Å². The second kappa shape index (κ2) is 12.3. The van der Waals surface area contributed by atoms with Gasteiger partial charge in [0.1, 0.15) is 24.7 Å². The molecule has 39 heavy (non-hydrogen) atoms. The van der Waals surface area contributed by atoms with E-state index in [-0.39, 0.29) is 38.4 Å². The summed E-state index contributed by atoms with van der Waals surface area (Å²) in [4.78, 5) is 50.7. The van der Waals surface area contributed by atoms with Gasteiger partial charge in [0.2, 0.25) is 5.91 Å². The van der Waals surface area contributed by atoms with Crippen molar-refractivity contribution in [1.82, 2.24) is 4.90 Å². The number of halogens is 3. The second-order valence-electron chi connectivity index (χ2n) is 8.06. The van der Waals surface area contributed by atoms with Crippen LogP contribution in [0.2, 0.25) is 10.0 Å². The Morgan fingerprint density at radius 2 is 1.82 bits per heavy atom. The van der Waals surface area contributed by atoms with Crippen LogP contribution in [0.1, 0.15) is 21.5 Å². The number of nitrogens with zero attached hydrogens (tertiary/aromatic N) is 1. The summed E-state index contributed by atoms with van der Waals surface area (Å²) in [6.45, 7) is -0.639. The quantitative estimate of drug-likeness (QED) is 0.248. The maximum Gasteiger partial charge on any atom is 0.339 e. The highest BCUT2D eigenvalue weighted by Crippen LogP contribution is 2.33. The SMILES string of the molecule is COC(=O)c1cc(NC(=O)CN2C(=O)S/C(=C/c3cccc(OCc4c(F)cccc4Cl)c3)C2=O)ccc1Cl. The number of carbonyl (C=O) groups excluding carboxylic acids is 4. The van der Waals surface area contributed by atoms with Crippen molar-refractivity contribution in [3.63, 3.8) is 0 Å². The van der Waals surface area contributed by atoms with Gasteiger partial charge in [-0.3, -0.25) is 19.3 Å². The monoisotopic (exact) mass is 588 g/mol. The number of benzene rings is 3. The highest BCUT2D eigenvalue weighted by atomic mass is 35.5. The van der Waals surface area contributed by atoms with Crippen LogP contribution in [0.25, 0.3) is 6.08 Å². The summed E-state index contributed by atoms with van der Waals surface area (Å²) in [6.07, 6.45) is 1.49. The fourth-order valence-corrected chi connectivity index (χ4v) is 4.77.